The molecule has 0 saturated heterocycles. The van der Waals surface area contributed by atoms with Gasteiger partial charge in [0.2, 0.25) is 29.2 Å². The van der Waals surface area contributed by atoms with Crippen LogP contribution in [0.5, 0.6) is 0 Å². The summed E-state index contributed by atoms with van der Waals surface area (Å²) < 4.78 is 311. The topological polar surface area (TPSA) is 65.5 Å². The van der Waals surface area contributed by atoms with Crippen molar-refractivity contribution < 1.29 is 92.5 Å². The van der Waals surface area contributed by atoms with Crippen LogP contribution in [0.3, 0.4) is 0 Å². The van der Waals surface area contributed by atoms with Crippen LogP contribution in [-0.4, -0.2) is 28.7 Å². The lowest BCUT2D eigenvalue weighted by Crippen LogP contribution is -2.09. The number of hydrogen-bond acceptors (Lipinski definition) is 3. The van der Waals surface area contributed by atoms with Crippen LogP contribution in [0.1, 0.15) is 18.1 Å². The summed E-state index contributed by atoms with van der Waals surface area (Å²) in [6.07, 6.45) is 0.456. The largest absolute Gasteiger partial charge is 0.478 e. The summed E-state index contributed by atoms with van der Waals surface area (Å²) in [5.74, 6) is -54.0. The lowest BCUT2D eigenvalue weighted by molar-refractivity contribution is 0.330. The first-order valence-corrected chi connectivity index (χ1v) is 19.4. The summed E-state index contributed by atoms with van der Waals surface area (Å²) >= 11 is 0. The number of halogens is 20. The number of aliphatic imine (C=N–C) groups is 2. The third-order valence-electron chi connectivity index (χ3n) is 11.0. The van der Waals surface area contributed by atoms with Gasteiger partial charge in [0, 0.05) is 61.7 Å². The third-order valence-corrected chi connectivity index (χ3v) is 11.0. The smallest absolute Gasteiger partial charge is 0.222 e. The number of ether oxygens (including phenoxy) is 1. The van der Waals surface area contributed by atoms with E-state index in [2.05, 4.69) is 20.0 Å². The number of benzene rings is 4. The number of aromatic amines is 2. The Hall–Kier alpha value is -8.12. The molecule has 0 radical (unpaired) electrons. The van der Waals surface area contributed by atoms with Crippen LogP contribution in [0, 0.1) is 116 Å². The van der Waals surface area contributed by atoms with E-state index in [4.69, 9.17) is 4.74 Å². The molecule has 2 aliphatic heterocycles. The van der Waals surface area contributed by atoms with Gasteiger partial charge in [0.15, 0.2) is 93.1 Å². The van der Waals surface area contributed by atoms with Gasteiger partial charge in [-0.05, 0) is 43.3 Å². The molecular formula is C46H14F20N4O. The van der Waals surface area contributed by atoms with E-state index in [0.29, 0.717) is 42.6 Å². The normalized spacial score (nSPS) is 12.4. The molecule has 2 aliphatic rings. The molecule has 71 heavy (non-hydrogen) atoms. The standard InChI is InChI=1S/C46H14F20N4O/c1-2-71-46-11-8-17(70-46)21(25-32(53)40(61)45(66)41(62)33(25)54)15-5-3-12(68-15)18(22-26(47)34(55)42(63)35(56)27(22)48)10-7-16(67-9-10)20(24-30(51)38(59)44(65)39(60)31(24)52)14-6-4-13(69-14)19(11)23-28(49)36(57)43(64)37(58)29(23)50/h3-9,68-69H,2H2,1H3. The second kappa shape index (κ2) is 17.1. The van der Waals surface area contributed by atoms with Crippen LogP contribution in [0.25, 0.3) is 66.6 Å². The highest BCUT2D eigenvalue weighted by atomic mass is 19.2. The average Bonchev–Trinajstić information content (AvgIpc) is 4.21. The van der Waals surface area contributed by atoms with E-state index in [0.717, 1.165) is 0 Å². The van der Waals surface area contributed by atoms with Crippen molar-refractivity contribution in [2.75, 3.05) is 6.61 Å². The molecule has 7 aromatic rings. The predicted molar refractivity (Wildman–Crippen MR) is 211 cm³/mol. The van der Waals surface area contributed by atoms with E-state index in [9.17, 15) is 17.6 Å². The molecule has 0 saturated carbocycles. The summed E-state index contributed by atoms with van der Waals surface area (Å²) in [7, 11) is 0. The number of fused-ring (bicyclic) bond motifs is 8. The zero-order valence-electron chi connectivity index (χ0n) is 34.1. The van der Waals surface area contributed by atoms with Gasteiger partial charge < -0.3 is 14.7 Å². The number of nitrogens with one attached hydrogen (secondary N) is 2. The first-order chi connectivity index (χ1) is 33.5. The summed E-state index contributed by atoms with van der Waals surface area (Å²) in [6.45, 7) is 0.602. The number of H-pyrrole nitrogens is 2. The number of hydrogen-bond donors (Lipinski definition) is 2. The Morgan fingerprint density at radius 2 is 0.648 bits per heavy atom. The lowest BCUT2D eigenvalue weighted by atomic mass is 9.97. The predicted octanol–water partition coefficient (Wildman–Crippen LogP) is 14.8. The fraction of sp³-hybridized carbons (Fsp3) is 0.0435. The van der Waals surface area contributed by atoms with Gasteiger partial charge in [0.25, 0.3) is 0 Å². The molecule has 25 heteroatoms. The fourth-order valence-electron chi connectivity index (χ4n) is 7.91. The van der Waals surface area contributed by atoms with Gasteiger partial charge in [-0.25, -0.2) is 92.8 Å². The Labute approximate surface area is 379 Å². The van der Waals surface area contributed by atoms with Crippen LogP contribution in [0.4, 0.5) is 99.2 Å². The first kappa shape index (κ1) is 47.9. The van der Waals surface area contributed by atoms with Crippen molar-refractivity contribution in [2.45, 2.75) is 6.92 Å². The third kappa shape index (κ3) is 7.01. The van der Waals surface area contributed by atoms with Crippen LogP contribution in [0.15, 0.2) is 46.4 Å². The van der Waals surface area contributed by atoms with E-state index in [1.54, 1.807) is 0 Å². The molecule has 5 nitrogen and oxygen atoms in total. The number of nitrogens with zero attached hydrogens (tertiary/aromatic N) is 2. The van der Waals surface area contributed by atoms with Crippen molar-refractivity contribution in [1.82, 2.24) is 9.97 Å². The Morgan fingerprint density at radius 3 is 1.01 bits per heavy atom. The molecule has 8 bridgehead atoms. The molecule has 0 amide bonds. The molecule has 0 atom stereocenters. The average molecular weight is 1020 g/mol. The van der Waals surface area contributed by atoms with Crippen LogP contribution in [0.2, 0.25) is 0 Å². The van der Waals surface area contributed by atoms with Crippen molar-refractivity contribution in [3.8, 4) is 44.5 Å². The summed E-state index contributed by atoms with van der Waals surface area (Å²) in [6, 6.07) is 3.43. The first-order valence-electron chi connectivity index (χ1n) is 19.4. The van der Waals surface area contributed by atoms with Gasteiger partial charge in [0.1, 0.15) is 0 Å². The Morgan fingerprint density at radius 1 is 0.352 bits per heavy atom. The zero-order valence-corrected chi connectivity index (χ0v) is 34.1. The molecule has 9 rings (SSSR count). The summed E-state index contributed by atoms with van der Waals surface area (Å²) in [4.78, 5) is 12.3. The molecule has 4 aromatic carbocycles. The highest BCUT2D eigenvalue weighted by Gasteiger charge is 2.36. The van der Waals surface area contributed by atoms with Gasteiger partial charge in [-0.1, -0.05) is 0 Å². The maximum Gasteiger partial charge on any atom is 0.222 e. The van der Waals surface area contributed by atoms with Crippen molar-refractivity contribution in [3.05, 3.63) is 164 Å². The van der Waals surface area contributed by atoms with E-state index in [1.807, 2.05) is 0 Å². The second-order valence-corrected chi connectivity index (χ2v) is 14.9. The van der Waals surface area contributed by atoms with Gasteiger partial charge in [-0.3, -0.25) is 4.99 Å². The lowest BCUT2D eigenvalue weighted by Gasteiger charge is -2.13. The zero-order chi connectivity index (χ0) is 51.6. The number of aromatic nitrogens is 2. The minimum absolute atomic E-state index is 0.450. The fourth-order valence-corrected chi connectivity index (χ4v) is 7.91. The van der Waals surface area contributed by atoms with Crippen LogP contribution < -0.4 is 0 Å². The molecule has 3 aromatic heterocycles. The Bertz CT molecular complexity index is 3690. The highest BCUT2D eigenvalue weighted by molar-refractivity contribution is 6.11. The molecule has 2 N–H and O–H groups in total. The van der Waals surface area contributed by atoms with E-state index >= 15 is 70.2 Å². The molecule has 5 heterocycles. The monoisotopic (exact) mass is 1020 g/mol. The minimum atomic E-state index is -2.73. The molecule has 0 fully saturated rings. The van der Waals surface area contributed by atoms with Gasteiger partial charge in [0.05, 0.1) is 40.2 Å². The summed E-state index contributed by atoms with van der Waals surface area (Å²) in [5.41, 5.74) is -20.7. The van der Waals surface area contributed by atoms with E-state index in [-0.39, 0.29) is 0 Å². The van der Waals surface area contributed by atoms with E-state index in [1.165, 1.54) is 6.92 Å². The molecule has 0 unspecified atom stereocenters. The maximum absolute atomic E-state index is 16.1. The Balaban J connectivity index is 1.63. The van der Waals surface area contributed by atoms with Gasteiger partial charge in [-0.15, -0.1) is 0 Å². The Kier molecular flexibility index (Phi) is 11.5. The van der Waals surface area contributed by atoms with Crippen molar-refractivity contribution >= 4 is 45.6 Å². The van der Waals surface area contributed by atoms with Gasteiger partial charge in [-0.2, -0.15) is 0 Å². The minimum Gasteiger partial charge on any atom is -0.478 e. The van der Waals surface area contributed by atoms with Crippen molar-refractivity contribution in [2.24, 2.45) is 9.98 Å². The maximum atomic E-state index is 16.1. The van der Waals surface area contributed by atoms with Crippen molar-refractivity contribution in [1.29, 1.82) is 0 Å². The van der Waals surface area contributed by atoms with Crippen LogP contribution in [-0.2, 0) is 4.74 Å². The van der Waals surface area contributed by atoms with Crippen molar-refractivity contribution in [3.63, 3.8) is 0 Å². The SMILES string of the molecule is CCOC1=Nc2cc1c(-c1c(F)c(F)c(F)c(F)c1F)c1ccc([nH]1)c(-c1c(F)c(F)c(F)c(F)c1F)c1cc(c(-c3c(F)c(F)c(F)c(F)c3F)c3ccc([nH]3)c2-c2c(F)c(F)c(F)c(F)c2F)C=N1. The molecule has 0 spiro atoms. The summed E-state index contributed by atoms with van der Waals surface area (Å²) in [5, 5.41) is 0. The molecular weight excluding hydrogens is 1000 g/mol. The quantitative estimate of drug-likeness (QED) is 0.101. The number of rotatable bonds is 5. The second-order valence-electron chi connectivity index (χ2n) is 14.9. The van der Waals surface area contributed by atoms with Gasteiger partial charge >= 0.3 is 0 Å². The molecule has 364 valence electrons. The van der Waals surface area contributed by atoms with Crippen LogP contribution >= 0.6 is 0 Å². The molecule has 0 aliphatic carbocycles. The highest BCUT2D eigenvalue weighted by Crippen LogP contribution is 2.47. The van der Waals surface area contributed by atoms with E-state index < -0.39 is 218 Å².